The molecule has 1 aliphatic heterocycles. The minimum Gasteiger partial charge on any atom is -0.756 e. The maximum absolute atomic E-state index is 12.3. The number of carbonyl (C=O) groups is 1. The Hall–Kier alpha value is -3.04. The van der Waals surface area contributed by atoms with Gasteiger partial charge < -0.3 is 49.2 Å². The van der Waals surface area contributed by atoms with E-state index >= 15 is 0 Å². The molecule has 0 saturated heterocycles. The Balaban J connectivity index is 1.78. The number of aliphatic carboxylic acids is 1. The second kappa shape index (κ2) is 10.3. The van der Waals surface area contributed by atoms with Crippen molar-refractivity contribution < 1.29 is 48.8 Å². The van der Waals surface area contributed by atoms with Gasteiger partial charge in [0.1, 0.15) is 36.0 Å². The fourth-order valence-electron chi connectivity index (χ4n) is 3.43. The number of benzene rings is 1. The molecule has 1 aliphatic rings. The van der Waals surface area contributed by atoms with Gasteiger partial charge in [0, 0.05) is 18.2 Å². The van der Waals surface area contributed by atoms with Crippen molar-refractivity contribution in [2.45, 2.75) is 37.8 Å². The molecule has 5 atom stereocenters. The number of anilines is 2. The number of aromatic hydroxyl groups is 1. The monoisotopic (exact) mass is 515 g/mol. The number of phosphoric acid groups is 1. The van der Waals surface area contributed by atoms with Crippen molar-refractivity contribution in [2.24, 2.45) is 0 Å². The molecule has 0 radical (unpaired) electrons. The number of aliphatic hydroxyl groups excluding tert-OH is 3. The molecular weight excluding hydrogens is 493 g/mol. The number of β-amino-alcohol motifs (C(OH)–C–C–N with tert-alkyl or cyclic N) is 1. The van der Waals surface area contributed by atoms with Crippen LogP contribution in [0.4, 0.5) is 11.5 Å². The normalized spacial score (nSPS) is 18.0. The number of aliphatic hydroxyl groups is 3. The van der Waals surface area contributed by atoms with E-state index in [1.165, 1.54) is 23.1 Å². The molecule has 1 unspecified atom stereocenters. The van der Waals surface area contributed by atoms with Crippen LogP contribution in [0.25, 0.3) is 0 Å². The predicted molar refractivity (Wildman–Crippen MR) is 113 cm³/mol. The summed E-state index contributed by atoms with van der Waals surface area (Å²) in [6.07, 6.45) is -7.57. The lowest BCUT2D eigenvalue weighted by atomic mass is 9.97. The number of hydrogen-bond donors (Lipinski definition) is 6. The van der Waals surface area contributed by atoms with Crippen molar-refractivity contribution in [1.29, 1.82) is 0 Å². The van der Waals surface area contributed by atoms with E-state index in [1.54, 1.807) is 0 Å². The molecule has 0 saturated carbocycles. The average molecular weight is 515 g/mol. The molecule has 0 spiro atoms. The van der Waals surface area contributed by atoms with Crippen LogP contribution in [-0.4, -0.2) is 73.9 Å². The molecular formula is C19H22N3O12P-2. The number of nitrogens with zero attached hydrogens (tertiary/aromatic N) is 1. The Morgan fingerprint density at radius 3 is 2.57 bits per heavy atom. The van der Waals surface area contributed by atoms with E-state index in [2.05, 4.69) is 19.0 Å². The minimum absolute atomic E-state index is 0.0115. The summed E-state index contributed by atoms with van der Waals surface area (Å²) in [5.74, 6) is -2.00. The highest BCUT2D eigenvalue weighted by Gasteiger charge is 2.33. The van der Waals surface area contributed by atoms with Crippen LogP contribution >= 0.6 is 7.82 Å². The molecule has 0 bridgehead atoms. The van der Waals surface area contributed by atoms with Crippen LogP contribution in [0.5, 0.6) is 5.75 Å². The molecule has 1 aromatic heterocycles. The molecule has 35 heavy (non-hydrogen) atoms. The second-order valence-electron chi connectivity index (χ2n) is 7.77. The topological polar surface area (TPSA) is 249 Å². The Kier molecular flexibility index (Phi) is 7.81. The Labute approximate surface area is 196 Å². The Morgan fingerprint density at radius 2 is 1.91 bits per heavy atom. The first-order valence-corrected chi connectivity index (χ1v) is 11.6. The number of phosphoric ester groups is 1. The van der Waals surface area contributed by atoms with Gasteiger partial charge in [0.05, 0.1) is 24.7 Å². The highest BCUT2D eigenvalue weighted by Crippen LogP contribution is 2.40. The molecule has 0 fully saturated rings. The first-order valence-electron chi connectivity index (χ1n) is 10.1. The molecule has 192 valence electrons. The molecule has 2 aromatic rings. The number of H-pyrrole nitrogens is 2. The van der Waals surface area contributed by atoms with Crippen LogP contribution < -0.4 is 26.1 Å². The first kappa shape index (κ1) is 26.6. The molecule has 16 heteroatoms. The first-order chi connectivity index (χ1) is 16.3. The highest BCUT2D eigenvalue weighted by molar-refractivity contribution is 7.45. The Morgan fingerprint density at radius 1 is 1.23 bits per heavy atom. The number of fused-ring (bicyclic) bond motifs is 2. The number of carboxylic acids is 1. The van der Waals surface area contributed by atoms with Crippen molar-refractivity contribution >= 4 is 25.3 Å². The smallest absolute Gasteiger partial charge is 0.327 e. The van der Waals surface area contributed by atoms with Crippen molar-refractivity contribution in [2.75, 3.05) is 18.1 Å². The lowest BCUT2D eigenvalue weighted by Gasteiger charge is -2.35. The summed E-state index contributed by atoms with van der Waals surface area (Å²) >= 11 is 0. The van der Waals surface area contributed by atoms with Crippen molar-refractivity contribution in [1.82, 2.24) is 9.97 Å². The number of nitrogens with one attached hydrogen (secondary N) is 2. The number of aromatic amines is 2. The molecule has 6 N–H and O–H groups in total. The summed E-state index contributed by atoms with van der Waals surface area (Å²) in [7, 11) is -5.20. The Bertz CT molecular complexity index is 1260. The molecule has 1 aromatic carbocycles. The van der Waals surface area contributed by atoms with Crippen LogP contribution in [0, 0.1) is 0 Å². The number of rotatable bonds is 10. The zero-order chi connectivity index (χ0) is 26.1. The van der Waals surface area contributed by atoms with Gasteiger partial charge in [0.2, 0.25) is 0 Å². The van der Waals surface area contributed by atoms with Crippen LogP contribution in [0.3, 0.4) is 0 Å². The zero-order valence-electron chi connectivity index (χ0n) is 18.1. The third-order valence-electron chi connectivity index (χ3n) is 5.20. The lowest BCUT2D eigenvalue weighted by Crippen LogP contribution is -2.47. The fourth-order valence-corrected chi connectivity index (χ4v) is 4.30. The quantitative estimate of drug-likeness (QED) is 0.169. The fraction of sp³-hybridized carbons (Fsp3) is 0.421. The number of hydrogen-bond acceptors (Lipinski definition) is 13. The van der Waals surface area contributed by atoms with Crippen LogP contribution in [0.15, 0.2) is 27.8 Å². The zero-order valence-corrected chi connectivity index (χ0v) is 19.0. The van der Waals surface area contributed by atoms with Crippen molar-refractivity contribution in [3.8, 4) is 5.75 Å². The largest absolute Gasteiger partial charge is 0.756 e. The van der Waals surface area contributed by atoms with Gasteiger partial charge in [0.15, 0.2) is 0 Å². The van der Waals surface area contributed by atoms with E-state index in [4.69, 9.17) is 0 Å². The molecule has 0 amide bonds. The highest BCUT2D eigenvalue weighted by atomic mass is 31.2. The van der Waals surface area contributed by atoms with Gasteiger partial charge in [-0.2, -0.15) is 0 Å². The van der Waals surface area contributed by atoms with Gasteiger partial charge in [-0.05, 0) is 18.6 Å². The van der Waals surface area contributed by atoms with E-state index in [-0.39, 0.29) is 23.6 Å². The van der Waals surface area contributed by atoms with Gasteiger partial charge in [-0.25, -0.2) is 4.79 Å². The van der Waals surface area contributed by atoms with E-state index < -0.39 is 62.6 Å². The van der Waals surface area contributed by atoms with E-state index in [0.29, 0.717) is 11.3 Å². The third kappa shape index (κ3) is 6.15. The second-order valence-corrected chi connectivity index (χ2v) is 9.13. The summed E-state index contributed by atoms with van der Waals surface area (Å²) in [6.45, 7) is -0.739. The molecule has 2 heterocycles. The maximum Gasteiger partial charge on any atom is 0.327 e. The van der Waals surface area contributed by atoms with Gasteiger partial charge in [-0.15, -0.1) is 0 Å². The summed E-state index contributed by atoms with van der Waals surface area (Å²) < 4.78 is 20.2. The van der Waals surface area contributed by atoms with Crippen LogP contribution in [-0.2, 0) is 24.8 Å². The molecule has 15 nitrogen and oxygen atoms in total. The number of carboxylic acid groups (broad SMARTS) is 1. The predicted octanol–water partition coefficient (Wildman–Crippen LogP) is -3.47. The van der Waals surface area contributed by atoms with E-state index in [0.717, 1.165) is 6.92 Å². The average Bonchev–Trinajstić information content (AvgIpc) is 2.77. The van der Waals surface area contributed by atoms with Gasteiger partial charge in [-0.1, -0.05) is 6.07 Å². The van der Waals surface area contributed by atoms with Crippen LogP contribution in [0.1, 0.15) is 18.1 Å². The summed E-state index contributed by atoms with van der Waals surface area (Å²) in [5.41, 5.74) is -0.551. The lowest BCUT2D eigenvalue weighted by molar-refractivity contribution is -0.316. The third-order valence-corrected chi connectivity index (χ3v) is 6.24. The number of phenols is 1. The SMILES string of the molecule is C[C@H](OP(=O)([O-])OC[C@@H](O)[C@@H](O)[C@@H](O)CN1c2cc(O)ccc2Cc2c1[nH]c(=O)[nH]c2=O)C(=O)[O-]. The van der Waals surface area contributed by atoms with Gasteiger partial charge in [0.25, 0.3) is 13.4 Å². The molecule has 0 aliphatic carbocycles. The molecule has 3 rings (SSSR count). The van der Waals surface area contributed by atoms with Gasteiger partial charge in [-0.3, -0.25) is 19.3 Å². The summed E-state index contributed by atoms with van der Waals surface area (Å²) in [6, 6.07) is 4.20. The van der Waals surface area contributed by atoms with E-state index in [9.17, 15) is 49.4 Å². The summed E-state index contributed by atoms with van der Waals surface area (Å²) in [5, 5.41) is 51.4. The van der Waals surface area contributed by atoms with Crippen molar-refractivity contribution in [3.05, 3.63) is 50.2 Å². The van der Waals surface area contributed by atoms with Gasteiger partial charge >= 0.3 is 5.69 Å². The minimum atomic E-state index is -5.20. The van der Waals surface area contributed by atoms with Crippen LogP contribution in [0.2, 0.25) is 0 Å². The van der Waals surface area contributed by atoms with Crippen molar-refractivity contribution in [3.63, 3.8) is 0 Å². The number of carbonyl (C=O) groups excluding carboxylic acids is 1. The number of aromatic nitrogens is 2. The summed E-state index contributed by atoms with van der Waals surface area (Å²) in [4.78, 5) is 52.2. The van der Waals surface area contributed by atoms with E-state index in [1.807, 2.05) is 0 Å². The number of phenolic OH excluding ortho intramolecular Hbond substituents is 1. The maximum atomic E-state index is 12.3. The standard InChI is InChI=1S/C19H24N3O12P/c1-8(18(28)29)34-35(31,32)33-7-14(25)15(26)13(24)6-22-12-5-10(23)3-2-9(12)4-11-16(22)20-19(30)21-17(11)27/h2-3,5,8,13-15,23-26H,4,6-7H2,1H3,(H,28,29)(H,31,32)(H2,20,21,27,30)/p-2/t8-,13-,14+,15-/m0/s1.